The maximum absolute atomic E-state index is 5.34. The average Bonchev–Trinajstić information content (AvgIpc) is 2.55. The van der Waals surface area contributed by atoms with Gasteiger partial charge in [0.2, 0.25) is 0 Å². The van der Waals surface area contributed by atoms with Gasteiger partial charge in [0, 0.05) is 37.2 Å². The first-order chi connectivity index (χ1) is 11.0. The molecule has 0 aliphatic rings. The third-order valence-electron chi connectivity index (χ3n) is 3.28. The van der Waals surface area contributed by atoms with Crippen LogP contribution in [0.4, 0.5) is 17.1 Å². The van der Waals surface area contributed by atoms with E-state index in [1.54, 1.807) is 14.2 Å². The van der Waals surface area contributed by atoms with Crippen LogP contribution in [0.25, 0.3) is 0 Å². The molecule has 0 bridgehead atoms. The normalized spacial score (nSPS) is 9.91. The molecule has 0 saturated carbocycles. The lowest BCUT2D eigenvalue weighted by Crippen LogP contribution is -2.19. The van der Waals surface area contributed by atoms with Crippen molar-refractivity contribution in [2.24, 2.45) is 0 Å². The summed E-state index contributed by atoms with van der Waals surface area (Å²) in [6, 6.07) is 13.6. The summed E-state index contributed by atoms with van der Waals surface area (Å²) >= 11 is 5.34. The number of methoxy groups -OCH3 is 2. The summed E-state index contributed by atoms with van der Waals surface area (Å²) in [5.74, 6) is 1.33. The maximum Gasteiger partial charge on any atom is 0.175 e. The van der Waals surface area contributed by atoms with E-state index in [9.17, 15) is 0 Å². The first-order valence-electron chi connectivity index (χ1n) is 7.11. The van der Waals surface area contributed by atoms with Gasteiger partial charge in [0.1, 0.15) is 0 Å². The number of thiocarbonyl (C=S) groups is 1. The Bertz CT molecular complexity index is 672. The molecular formula is C17H21N3O2S. The van der Waals surface area contributed by atoms with E-state index >= 15 is 0 Å². The molecule has 0 heterocycles. The number of anilines is 3. The van der Waals surface area contributed by atoms with Crippen LogP contribution in [-0.4, -0.2) is 33.4 Å². The molecular weight excluding hydrogens is 310 g/mol. The van der Waals surface area contributed by atoms with Crippen LogP contribution in [-0.2, 0) is 0 Å². The van der Waals surface area contributed by atoms with Crippen molar-refractivity contribution in [1.82, 2.24) is 0 Å². The van der Waals surface area contributed by atoms with Gasteiger partial charge in [-0.3, -0.25) is 0 Å². The summed E-state index contributed by atoms with van der Waals surface area (Å²) in [5, 5.41) is 6.79. The van der Waals surface area contributed by atoms with Crippen LogP contribution in [0.3, 0.4) is 0 Å². The monoisotopic (exact) mass is 331 g/mol. The zero-order valence-corrected chi connectivity index (χ0v) is 14.5. The molecule has 122 valence electrons. The molecule has 0 amide bonds. The van der Waals surface area contributed by atoms with Gasteiger partial charge in [-0.1, -0.05) is 0 Å². The summed E-state index contributed by atoms with van der Waals surface area (Å²) < 4.78 is 10.5. The summed E-state index contributed by atoms with van der Waals surface area (Å²) in [7, 11) is 7.22. The Kier molecular flexibility index (Phi) is 5.65. The van der Waals surface area contributed by atoms with E-state index in [0.29, 0.717) is 16.6 Å². The second-order valence-corrected chi connectivity index (χ2v) is 5.50. The molecule has 0 radical (unpaired) electrons. The van der Waals surface area contributed by atoms with E-state index in [1.165, 1.54) is 0 Å². The Labute approximate surface area is 142 Å². The first-order valence-corrected chi connectivity index (χ1v) is 7.51. The molecule has 0 spiro atoms. The van der Waals surface area contributed by atoms with Crippen LogP contribution in [0, 0.1) is 0 Å². The lowest BCUT2D eigenvalue weighted by molar-refractivity contribution is 0.355. The van der Waals surface area contributed by atoms with Crippen LogP contribution in [0.1, 0.15) is 0 Å². The second-order valence-electron chi connectivity index (χ2n) is 5.09. The predicted molar refractivity (Wildman–Crippen MR) is 100 cm³/mol. The molecule has 0 aliphatic heterocycles. The molecule has 2 rings (SSSR count). The lowest BCUT2D eigenvalue weighted by Gasteiger charge is -2.15. The molecule has 6 heteroatoms. The van der Waals surface area contributed by atoms with E-state index in [2.05, 4.69) is 10.6 Å². The Hall–Kier alpha value is -2.47. The van der Waals surface area contributed by atoms with Crippen LogP contribution in [0.15, 0.2) is 42.5 Å². The van der Waals surface area contributed by atoms with Crippen molar-refractivity contribution >= 4 is 34.4 Å². The smallest absolute Gasteiger partial charge is 0.175 e. The number of hydrogen-bond acceptors (Lipinski definition) is 4. The molecule has 5 nitrogen and oxygen atoms in total. The molecule has 0 atom stereocenters. The van der Waals surface area contributed by atoms with E-state index in [0.717, 1.165) is 17.1 Å². The number of ether oxygens (including phenoxy) is 2. The summed E-state index contributed by atoms with van der Waals surface area (Å²) in [4.78, 5) is 2.05. The van der Waals surface area contributed by atoms with E-state index in [1.807, 2.05) is 61.5 Å². The SMILES string of the molecule is COc1ccc(NC(=S)Nc2ccc(N(C)C)cc2)cc1OC. The van der Waals surface area contributed by atoms with Crippen molar-refractivity contribution < 1.29 is 9.47 Å². The summed E-state index contributed by atoms with van der Waals surface area (Å²) in [6.07, 6.45) is 0. The van der Waals surface area contributed by atoms with E-state index in [4.69, 9.17) is 21.7 Å². The Balaban J connectivity index is 2.01. The summed E-state index contributed by atoms with van der Waals surface area (Å²) in [5.41, 5.74) is 2.88. The fraction of sp³-hybridized carbons (Fsp3) is 0.235. The van der Waals surface area contributed by atoms with Gasteiger partial charge in [0.15, 0.2) is 16.6 Å². The van der Waals surface area contributed by atoms with Crippen molar-refractivity contribution in [2.75, 3.05) is 43.8 Å². The topological polar surface area (TPSA) is 45.8 Å². The van der Waals surface area contributed by atoms with Gasteiger partial charge >= 0.3 is 0 Å². The van der Waals surface area contributed by atoms with Crippen molar-refractivity contribution in [2.45, 2.75) is 0 Å². The minimum Gasteiger partial charge on any atom is -0.493 e. The largest absolute Gasteiger partial charge is 0.493 e. The van der Waals surface area contributed by atoms with Crippen LogP contribution in [0.5, 0.6) is 11.5 Å². The highest BCUT2D eigenvalue weighted by molar-refractivity contribution is 7.80. The van der Waals surface area contributed by atoms with Gasteiger partial charge in [0.25, 0.3) is 0 Å². The molecule has 0 aromatic heterocycles. The van der Waals surface area contributed by atoms with Gasteiger partial charge in [0.05, 0.1) is 14.2 Å². The Morgan fingerprint density at radius 3 is 2.00 bits per heavy atom. The van der Waals surface area contributed by atoms with Crippen molar-refractivity contribution in [3.63, 3.8) is 0 Å². The van der Waals surface area contributed by atoms with E-state index < -0.39 is 0 Å². The Morgan fingerprint density at radius 1 is 0.870 bits per heavy atom. The van der Waals surface area contributed by atoms with Gasteiger partial charge < -0.3 is 25.0 Å². The third-order valence-corrected chi connectivity index (χ3v) is 3.49. The molecule has 23 heavy (non-hydrogen) atoms. The van der Waals surface area contributed by atoms with Crippen molar-refractivity contribution in [3.8, 4) is 11.5 Å². The highest BCUT2D eigenvalue weighted by atomic mass is 32.1. The number of benzene rings is 2. The molecule has 0 fully saturated rings. The fourth-order valence-electron chi connectivity index (χ4n) is 2.05. The number of nitrogens with zero attached hydrogens (tertiary/aromatic N) is 1. The average molecular weight is 331 g/mol. The zero-order valence-electron chi connectivity index (χ0n) is 13.7. The van der Waals surface area contributed by atoms with Gasteiger partial charge in [-0.05, 0) is 48.6 Å². The van der Waals surface area contributed by atoms with Gasteiger partial charge in [-0.15, -0.1) is 0 Å². The molecule has 2 aromatic rings. The lowest BCUT2D eigenvalue weighted by atomic mass is 10.2. The van der Waals surface area contributed by atoms with Crippen molar-refractivity contribution in [3.05, 3.63) is 42.5 Å². The predicted octanol–water partition coefficient (Wildman–Crippen LogP) is 3.58. The third kappa shape index (κ3) is 4.50. The zero-order chi connectivity index (χ0) is 16.8. The first kappa shape index (κ1) is 16.9. The minimum absolute atomic E-state index is 0.509. The fourth-order valence-corrected chi connectivity index (χ4v) is 2.29. The second kappa shape index (κ2) is 7.69. The van der Waals surface area contributed by atoms with Gasteiger partial charge in [-0.2, -0.15) is 0 Å². The molecule has 0 unspecified atom stereocenters. The summed E-state index contributed by atoms with van der Waals surface area (Å²) in [6.45, 7) is 0. The molecule has 2 N–H and O–H groups in total. The van der Waals surface area contributed by atoms with Crippen LogP contribution < -0.4 is 25.0 Å². The highest BCUT2D eigenvalue weighted by Crippen LogP contribution is 2.29. The number of nitrogens with one attached hydrogen (secondary N) is 2. The Morgan fingerprint density at radius 2 is 1.43 bits per heavy atom. The van der Waals surface area contributed by atoms with Crippen LogP contribution >= 0.6 is 12.2 Å². The number of hydrogen-bond donors (Lipinski definition) is 2. The highest BCUT2D eigenvalue weighted by Gasteiger charge is 2.06. The minimum atomic E-state index is 0.509. The van der Waals surface area contributed by atoms with Gasteiger partial charge in [-0.25, -0.2) is 0 Å². The number of rotatable bonds is 5. The molecule has 0 aliphatic carbocycles. The van der Waals surface area contributed by atoms with Crippen LogP contribution in [0.2, 0.25) is 0 Å². The van der Waals surface area contributed by atoms with E-state index in [-0.39, 0.29) is 0 Å². The molecule has 2 aromatic carbocycles. The molecule has 0 saturated heterocycles. The maximum atomic E-state index is 5.34. The quantitative estimate of drug-likeness (QED) is 0.817. The van der Waals surface area contributed by atoms with Crippen molar-refractivity contribution in [1.29, 1.82) is 0 Å². The standard InChI is InChI=1S/C17H21N3O2S/c1-20(2)14-8-5-12(6-9-14)18-17(23)19-13-7-10-15(21-3)16(11-13)22-4/h5-11H,1-4H3,(H2,18,19,23).